The molecule has 3 unspecified atom stereocenters. The van der Waals surface area contributed by atoms with E-state index in [4.69, 9.17) is 10.8 Å². The molecule has 0 fully saturated rings. The first-order valence-corrected chi connectivity index (χ1v) is 10.4. The van der Waals surface area contributed by atoms with Crippen LogP contribution in [0.25, 0.3) is 0 Å². The van der Waals surface area contributed by atoms with Gasteiger partial charge in [0.25, 0.3) is 0 Å². The molecule has 0 aromatic rings. The summed E-state index contributed by atoms with van der Waals surface area (Å²) in [6.07, 6.45) is 1.50. The lowest BCUT2D eigenvalue weighted by Gasteiger charge is -2.24. The summed E-state index contributed by atoms with van der Waals surface area (Å²) >= 11 is 1.42. The van der Waals surface area contributed by atoms with Crippen LogP contribution in [0.1, 0.15) is 33.1 Å². The Labute approximate surface area is 173 Å². The molecule has 0 bridgehead atoms. The SMILES string of the molecule is CSCCC(NC(=O)C(CC(=O)O)NC(=O)CN)C(=O)NC(CC(C)C)C(=O)O. The Balaban J connectivity index is 5.32. The lowest BCUT2D eigenvalue weighted by atomic mass is 10.0. The largest absolute Gasteiger partial charge is 0.481 e. The van der Waals surface area contributed by atoms with Crippen molar-refractivity contribution in [2.75, 3.05) is 18.6 Å². The number of carbonyl (C=O) groups excluding carboxylic acids is 3. The van der Waals surface area contributed by atoms with Crippen molar-refractivity contribution >= 4 is 41.4 Å². The molecule has 0 radical (unpaired) electrons. The van der Waals surface area contributed by atoms with Gasteiger partial charge in [0, 0.05) is 0 Å². The van der Waals surface area contributed by atoms with Gasteiger partial charge in [0.15, 0.2) is 0 Å². The van der Waals surface area contributed by atoms with Gasteiger partial charge in [0.05, 0.1) is 13.0 Å². The summed E-state index contributed by atoms with van der Waals surface area (Å²) in [5.41, 5.74) is 5.18. The molecule has 0 aromatic heterocycles. The summed E-state index contributed by atoms with van der Waals surface area (Å²) in [5.74, 6) is -4.30. The molecule has 0 aliphatic heterocycles. The molecule has 166 valence electrons. The van der Waals surface area contributed by atoms with Gasteiger partial charge in [0.1, 0.15) is 18.1 Å². The van der Waals surface area contributed by atoms with Crippen LogP contribution in [-0.4, -0.2) is 76.6 Å². The zero-order valence-corrected chi connectivity index (χ0v) is 17.6. The summed E-state index contributed by atoms with van der Waals surface area (Å²) in [6, 6.07) is -3.63. The molecular weight excluding hydrogens is 404 g/mol. The van der Waals surface area contributed by atoms with Crippen molar-refractivity contribution in [1.29, 1.82) is 0 Å². The molecular formula is C17H30N4O7S. The molecule has 11 nitrogen and oxygen atoms in total. The minimum Gasteiger partial charge on any atom is -0.481 e. The molecule has 0 heterocycles. The van der Waals surface area contributed by atoms with Crippen molar-refractivity contribution < 1.29 is 34.2 Å². The van der Waals surface area contributed by atoms with Crippen LogP contribution < -0.4 is 21.7 Å². The molecule has 0 rings (SSSR count). The summed E-state index contributed by atoms with van der Waals surface area (Å²) in [6.45, 7) is 3.19. The number of hydrogen-bond acceptors (Lipinski definition) is 7. The van der Waals surface area contributed by atoms with Crippen molar-refractivity contribution in [3.05, 3.63) is 0 Å². The quantitative estimate of drug-likeness (QED) is 0.194. The molecule has 0 spiro atoms. The predicted octanol–water partition coefficient (Wildman–Crippen LogP) is -1.24. The molecule has 0 saturated heterocycles. The maximum atomic E-state index is 12.6. The van der Waals surface area contributed by atoms with Crippen LogP contribution in [0, 0.1) is 5.92 Å². The third-order valence-corrected chi connectivity index (χ3v) is 4.43. The molecule has 0 aliphatic carbocycles. The summed E-state index contributed by atoms with van der Waals surface area (Å²) in [5, 5.41) is 25.3. The Bertz CT molecular complexity index is 600. The first-order valence-electron chi connectivity index (χ1n) is 9.05. The number of carbonyl (C=O) groups is 5. The van der Waals surface area contributed by atoms with E-state index in [0.29, 0.717) is 5.75 Å². The lowest BCUT2D eigenvalue weighted by molar-refractivity contribution is -0.143. The number of thioether (sulfide) groups is 1. The number of aliphatic carboxylic acids is 2. The third-order valence-electron chi connectivity index (χ3n) is 3.78. The normalized spacial score (nSPS) is 13.8. The van der Waals surface area contributed by atoms with Crippen molar-refractivity contribution in [2.24, 2.45) is 11.7 Å². The van der Waals surface area contributed by atoms with Gasteiger partial charge in [-0.15, -0.1) is 0 Å². The summed E-state index contributed by atoms with van der Waals surface area (Å²) in [7, 11) is 0. The van der Waals surface area contributed by atoms with Gasteiger partial charge in [-0.05, 0) is 30.8 Å². The number of nitrogens with two attached hydrogens (primary N) is 1. The van der Waals surface area contributed by atoms with E-state index in [2.05, 4.69) is 16.0 Å². The van der Waals surface area contributed by atoms with Crippen molar-refractivity contribution in [3.63, 3.8) is 0 Å². The second-order valence-electron chi connectivity index (χ2n) is 6.79. The van der Waals surface area contributed by atoms with E-state index in [1.165, 1.54) is 11.8 Å². The van der Waals surface area contributed by atoms with E-state index in [9.17, 15) is 29.1 Å². The third kappa shape index (κ3) is 11.3. The van der Waals surface area contributed by atoms with Crippen LogP contribution in [0.15, 0.2) is 0 Å². The monoisotopic (exact) mass is 434 g/mol. The predicted molar refractivity (Wildman–Crippen MR) is 107 cm³/mol. The van der Waals surface area contributed by atoms with Gasteiger partial charge in [0.2, 0.25) is 17.7 Å². The molecule has 0 aliphatic rings. The number of carboxylic acid groups (broad SMARTS) is 2. The van der Waals surface area contributed by atoms with E-state index < -0.39 is 60.8 Å². The number of carboxylic acids is 2. The molecule has 0 saturated carbocycles. The average molecular weight is 435 g/mol. The smallest absolute Gasteiger partial charge is 0.326 e. The molecule has 3 atom stereocenters. The molecule has 0 aromatic carbocycles. The minimum atomic E-state index is -1.42. The minimum absolute atomic E-state index is 0.0158. The Hall–Kier alpha value is -2.34. The van der Waals surface area contributed by atoms with Crippen molar-refractivity contribution in [1.82, 2.24) is 16.0 Å². The van der Waals surface area contributed by atoms with Gasteiger partial charge in [-0.1, -0.05) is 13.8 Å². The zero-order valence-electron chi connectivity index (χ0n) is 16.8. The fraction of sp³-hybridized carbons (Fsp3) is 0.706. The highest BCUT2D eigenvalue weighted by Crippen LogP contribution is 2.08. The van der Waals surface area contributed by atoms with Crippen LogP contribution >= 0.6 is 11.8 Å². The topological polar surface area (TPSA) is 188 Å². The zero-order chi connectivity index (χ0) is 22.6. The lowest BCUT2D eigenvalue weighted by Crippen LogP contribution is -2.56. The Kier molecular flexibility index (Phi) is 12.7. The molecule has 3 amide bonds. The van der Waals surface area contributed by atoms with Crippen LogP contribution in [0.4, 0.5) is 0 Å². The van der Waals surface area contributed by atoms with E-state index >= 15 is 0 Å². The van der Waals surface area contributed by atoms with Crippen LogP contribution in [0.2, 0.25) is 0 Å². The maximum absolute atomic E-state index is 12.6. The number of amides is 3. The van der Waals surface area contributed by atoms with E-state index in [1.807, 2.05) is 13.8 Å². The van der Waals surface area contributed by atoms with E-state index in [1.54, 1.807) is 6.26 Å². The average Bonchev–Trinajstić information content (AvgIpc) is 2.62. The van der Waals surface area contributed by atoms with Crippen LogP contribution in [-0.2, 0) is 24.0 Å². The molecule has 29 heavy (non-hydrogen) atoms. The number of rotatable bonds is 14. The number of hydrogen-bond donors (Lipinski definition) is 6. The maximum Gasteiger partial charge on any atom is 0.326 e. The Morgan fingerprint density at radius 3 is 1.93 bits per heavy atom. The highest BCUT2D eigenvalue weighted by atomic mass is 32.2. The highest BCUT2D eigenvalue weighted by Gasteiger charge is 2.30. The summed E-state index contributed by atoms with van der Waals surface area (Å²) in [4.78, 5) is 58.9. The molecule has 12 heteroatoms. The highest BCUT2D eigenvalue weighted by molar-refractivity contribution is 7.98. The Morgan fingerprint density at radius 2 is 1.48 bits per heavy atom. The van der Waals surface area contributed by atoms with E-state index in [-0.39, 0.29) is 18.8 Å². The summed E-state index contributed by atoms with van der Waals surface area (Å²) < 4.78 is 0. The first kappa shape index (κ1) is 26.7. The standard InChI is InChI=1S/C17H30N4O7S/c1-9(2)6-12(17(27)28)21-15(25)10(4-5-29-3)20-16(26)11(7-14(23)24)19-13(22)8-18/h9-12H,4-8,18H2,1-3H3,(H,19,22)(H,20,26)(H,21,25)(H,23,24)(H,27,28). The fourth-order valence-corrected chi connectivity index (χ4v) is 2.85. The van der Waals surface area contributed by atoms with Gasteiger partial charge < -0.3 is 31.9 Å². The fourth-order valence-electron chi connectivity index (χ4n) is 2.38. The second kappa shape index (κ2) is 13.8. The van der Waals surface area contributed by atoms with Crippen molar-refractivity contribution in [2.45, 2.75) is 51.2 Å². The number of nitrogens with one attached hydrogen (secondary N) is 3. The second-order valence-corrected chi connectivity index (χ2v) is 7.78. The first-order chi connectivity index (χ1) is 13.5. The van der Waals surface area contributed by atoms with E-state index in [0.717, 1.165) is 0 Å². The van der Waals surface area contributed by atoms with Gasteiger partial charge >= 0.3 is 11.9 Å². The molecule has 7 N–H and O–H groups in total. The van der Waals surface area contributed by atoms with Gasteiger partial charge in [-0.3, -0.25) is 19.2 Å². The Morgan fingerprint density at radius 1 is 0.931 bits per heavy atom. The van der Waals surface area contributed by atoms with Crippen LogP contribution in [0.5, 0.6) is 0 Å². The van der Waals surface area contributed by atoms with Crippen molar-refractivity contribution in [3.8, 4) is 0 Å². The van der Waals surface area contributed by atoms with Gasteiger partial charge in [-0.25, -0.2) is 4.79 Å². The van der Waals surface area contributed by atoms with Crippen LogP contribution in [0.3, 0.4) is 0 Å². The van der Waals surface area contributed by atoms with Gasteiger partial charge in [-0.2, -0.15) is 11.8 Å².